The molecule has 1 aliphatic heterocycles. The van der Waals surface area contributed by atoms with Crippen LogP contribution in [-0.2, 0) is 0 Å². The van der Waals surface area contributed by atoms with Crippen molar-refractivity contribution in [2.24, 2.45) is 0 Å². The number of rotatable bonds is 3. The van der Waals surface area contributed by atoms with E-state index in [2.05, 4.69) is 35.7 Å². The van der Waals surface area contributed by atoms with Crippen molar-refractivity contribution in [3.63, 3.8) is 0 Å². The lowest BCUT2D eigenvalue weighted by Gasteiger charge is -2.02. The van der Waals surface area contributed by atoms with E-state index in [9.17, 15) is 0 Å². The van der Waals surface area contributed by atoms with E-state index in [4.69, 9.17) is 4.52 Å². The second kappa shape index (κ2) is 6.75. The quantitative estimate of drug-likeness (QED) is 0.555. The maximum Gasteiger partial charge on any atom is 0.278 e. The fourth-order valence-electron chi connectivity index (χ4n) is 3.44. The van der Waals surface area contributed by atoms with Gasteiger partial charge in [-0.1, -0.05) is 5.16 Å². The van der Waals surface area contributed by atoms with Gasteiger partial charge in [0.25, 0.3) is 5.89 Å². The van der Waals surface area contributed by atoms with Crippen molar-refractivity contribution in [3.8, 4) is 23.0 Å². The highest BCUT2D eigenvalue weighted by molar-refractivity contribution is 5.85. The first kappa shape index (κ1) is 17.6. The summed E-state index contributed by atoms with van der Waals surface area (Å²) in [5.74, 6) is 1.30. The molecule has 0 spiro atoms. The third kappa shape index (κ3) is 2.98. The van der Waals surface area contributed by atoms with Crippen LogP contribution in [0.1, 0.15) is 29.4 Å². The molecule has 0 saturated carbocycles. The number of aryl methyl sites for hydroxylation is 2. The Labute approximate surface area is 161 Å². The second-order valence-electron chi connectivity index (χ2n) is 6.65. The van der Waals surface area contributed by atoms with Gasteiger partial charge in [0.1, 0.15) is 0 Å². The average molecular weight is 387 g/mol. The Morgan fingerprint density at radius 1 is 1.22 bits per heavy atom. The van der Waals surface area contributed by atoms with Crippen LogP contribution in [0.5, 0.6) is 0 Å². The van der Waals surface area contributed by atoms with Crippen LogP contribution in [0.15, 0.2) is 22.9 Å². The van der Waals surface area contributed by atoms with Gasteiger partial charge in [-0.05, 0) is 38.9 Å². The van der Waals surface area contributed by atoms with Gasteiger partial charge in [0.2, 0.25) is 5.82 Å². The Kier molecular flexibility index (Phi) is 4.40. The Balaban J connectivity index is 0.00000180. The summed E-state index contributed by atoms with van der Waals surface area (Å²) in [7, 11) is 0. The van der Waals surface area contributed by atoms with Crippen LogP contribution >= 0.6 is 12.4 Å². The lowest BCUT2D eigenvalue weighted by Crippen LogP contribution is -2.08. The van der Waals surface area contributed by atoms with Gasteiger partial charge in [0.15, 0.2) is 11.3 Å². The summed E-state index contributed by atoms with van der Waals surface area (Å²) in [6.07, 6.45) is 2.81. The van der Waals surface area contributed by atoms with Crippen molar-refractivity contribution >= 4 is 18.1 Å². The molecule has 0 aliphatic carbocycles. The number of H-pyrrole nitrogens is 1. The van der Waals surface area contributed by atoms with Crippen LogP contribution in [0.4, 0.5) is 0 Å². The van der Waals surface area contributed by atoms with Crippen molar-refractivity contribution in [1.29, 1.82) is 0 Å². The summed E-state index contributed by atoms with van der Waals surface area (Å²) in [5.41, 5.74) is 5.13. The minimum absolute atomic E-state index is 0. The highest BCUT2D eigenvalue weighted by Crippen LogP contribution is 2.27. The molecule has 1 aliphatic rings. The number of hydrogen-bond acceptors (Lipinski definition) is 7. The maximum atomic E-state index is 5.44. The molecule has 1 unspecified atom stereocenters. The summed E-state index contributed by atoms with van der Waals surface area (Å²) < 4.78 is 7.21. The third-order valence-corrected chi connectivity index (χ3v) is 4.76. The van der Waals surface area contributed by atoms with Gasteiger partial charge in [0.05, 0.1) is 11.8 Å². The standard InChI is InChI=1S/C17H18N8O.ClH/c1-9-5-10(2)25-16(20-9)12(8-19-25)15-21-17(26-24-15)14-6-13(22-23-14)11-3-4-18-7-11;/h5-6,8,11,18H,3-4,7H2,1-2H3,(H,22,23);1H. The fraction of sp³-hybridized carbons (Fsp3) is 0.353. The molecule has 27 heavy (non-hydrogen) atoms. The Morgan fingerprint density at radius 3 is 2.93 bits per heavy atom. The monoisotopic (exact) mass is 386 g/mol. The van der Waals surface area contributed by atoms with Gasteiger partial charge in [-0.15, -0.1) is 12.4 Å². The van der Waals surface area contributed by atoms with E-state index in [1.165, 1.54) is 0 Å². The largest absolute Gasteiger partial charge is 0.332 e. The number of aromatic amines is 1. The SMILES string of the molecule is Cc1cc(C)n2ncc(-c3noc(-c4cc(C5CCNC5)[nH]n4)n3)c2n1.Cl. The summed E-state index contributed by atoms with van der Waals surface area (Å²) in [6, 6.07) is 3.96. The first-order chi connectivity index (χ1) is 12.7. The Hall–Kier alpha value is -2.78. The molecule has 1 saturated heterocycles. The molecule has 0 radical (unpaired) electrons. The number of aromatic nitrogens is 7. The highest BCUT2D eigenvalue weighted by atomic mass is 35.5. The molecule has 2 N–H and O–H groups in total. The highest BCUT2D eigenvalue weighted by Gasteiger charge is 2.22. The summed E-state index contributed by atoms with van der Waals surface area (Å²) in [5, 5.41) is 19.3. The zero-order valence-corrected chi connectivity index (χ0v) is 15.7. The number of halogens is 1. The molecule has 4 aromatic rings. The molecule has 9 nitrogen and oxygen atoms in total. The Bertz CT molecular complexity index is 1090. The van der Waals surface area contributed by atoms with Gasteiger partial charge in [-0.3, -0.25) is 5.10 Å². The summed E-state index contributed by atoms with van der Waals surface area (Å²) in [6.45, 7) is 5.94. The predicted octanol–water partition coefficient (Wildman–Crippen LogP) is 2.28. The summed E-state index contributed by atoms with van der Waals surface area (Å²) >= 11 is 0. The van der Waals surface area contributed by atoms with E-state index in [0.29, 0.717) is 23.3 Å². The fourth-order valence-corrected chi connectivity index (χ4v) is 3.44. The van der Waals surface area contributed by atoms with Crippen molar-refractivity contribution < 1.29 is 4.52 Å². The second-order valence-corrected chi connectivity index (χ2v) is 6.65. The molecule has 0 amide bonds. The molecule has 1 atom stereocenters. The van der Waals surface area contributed by atoms with E-state index in [1.54, 1.807) is 10.7 Å². The van der Waals surface area contributed by atoms with Crippen LogP contribution < -0.4 is 5.32 Å². The molecule has 0 aromatic carbocycles. The van der Waals surface area contributed by atoms with E-state index in [-0.39, 0.29) is 12.4 Å². The molecular weight excluding hydrogens is 368 g/mol. The molecule has 4 aromatic heterocycles. The minimum atomic E-state index is 0. The molecular formula is C17H19ClN8O. The van der Waals surface area contributed by atoms with Crippen molar-refractivity contribution in [1.82, 2.24) is 40.3 Å². The van der Waals surface area contributed by atoms with Gasteiger partial charge < -0.3 is 9.84 Å². The summed E-state index contributed by atoms with van der Waals surface area (Å²) in [4.78, 5) is 9.06. The molecule has 5 heterocycles. The van der Waals surface area contributed by atoms with Gasteiger partial charge in [-0.2, -0.15) is 15.2 Å². The number of nitrogens with one attached hydrogen (secondary N) is 2. The number of fused-ring (bicyclic) bond motifs is 1. The first-order valence-corrected chi connectivity index (χ1v) is 8.61. The topological polar surface area (TPSA) is 110 Å². The maximum absolute atomic E-state index is 5.44. The van der Waals surface area contributed by atoms with Crippen molar-refractivity contribution in [2.45, 2.75) is 26.2 Å². The molecule has 5 rings (SSSR count). The van der Waals surface area contributed by atoms with Crippen LogP contribution in [0, 0.1) is 13.8 Å². The predicted molar refractivity (Wildman–Crippen MR) is 101 cm³/mol. The van der Waals surface area contributed by atoms with Crippen LogP contribution in [0.2, 0.25) is 0 Å². The van der Waals surface area contributed by atoms with Crippen molar-refractivity contribution in [3.05, 3.63) is 35.4 Å². The van der Waals surface area contributed by atoms with E-state index in [1.807, 2.05) is 26.0 Å². The normalized spacial score (nSPS) is 16.7. The third-order valence-electron chi connectivity index (χ3n) is 4.76. The van der Waals surface area contributed by atoms with Gasteiger partial charge >= 0.3 is 0 Å². The molecule has 10 heteroatoms. The van der Waals surface area contributed by atoms with Crippen LogP contribution in [0.3, 0.4) is 0 Å². The zero-order valence-electron chi connectivity index (χ0n) is 14.9. The average Bonchev–Trinajstić information content (AvgIpc) is 3.38. The van der Waals surface area contributed by atoms with Crippen molar-refractivity contribution in [2.75, 3.05) is 13.1 Å². The first-order valence-electron chi connectivity index (χ1n) is 8.61. The van der Waals surface area contributed by atoms with Crippen LogP contribution in [0.25, 0.3) is 28.6 Å². The Morgan fingerprint density at radius 2 is 2.11 bits per heavy atom. The molecule has 1 fully saturated rings. The van der Waals surface area contributed by atoms with E-state index in [0.717, 1.165) is 47.8 Å². The smallest absolute Gasteiger partial charge is 0.278 e. The number of nitrogens with zero attached hydrogens (tertiary/aromatic N) is 6. The minimum Gasteiger partial charge on any atom is -0.332 e. The van der Waals surface area contributed by atoms with Gasteiger partial charge in [-0.25, -0.2) is 9.50 Å². The zero-order chi connectivity index (χ0) is 17.7. The lowest BCUT2D eigenvalue weighted by atomic mass is 10.1. The molecule has 140 valence electrons. The molecule has 0 bridgehead atoms. The van der Waals surface area contributed by atoms with E-state index < -0.39 is 0 Å². The lowest BCUT2D eigenvalue weighted by molar-refractivity contribution is 0.431. The number of hydrogen-bond donors (Lipinski definition) is 2. The van der Waals surface area contributed by atoms with Gasteiger partial charge in [0, 0.05) is 29.5 Å². The van der Waals surface area contributed by atoms with E-state index >= 15 is 0 Å². The van der Waals surface area contributed by atoms with Crippen LogP contribution in [-0.4, -0.2) is 48.0 Å².